The Morgan fingerprint density at radius 1 is 1.37 bits per heavy atom. The largest absolute Gasteiger partial charge is 0.480 e. The van der Waals surface area contributed by atoms with E-state index >= 15 is 0 Å². The molecule has 8 heteroatoms. The van der Waals surface area contributed by atoms with Gasteiger partial charge in [0.25, 0.3) is 0 Å². The smallest absolute Gasteiger partial charge is 0.401 e. The third-order valence-electron chi connectivity index (χ3n) is 2.56. The highest BCUT2D eigenvalue weighted by Crippen LogP contribution is 2.34. The minimum atomic E-state index is -4.54. The summed E-state index contributed by atoms with van der Waals surface area (Å²) in [4.78, 5) is 11.3. The van der Waals surface area contributed by atoms with Gasteiger partial charge in [-0.05, 0) is 13.0 Å². The number of carboxylic acids is 1. The van der Waals surface area contributed by atoms with Gasteiger partial charge in [-0.25, -0.2) is 4.79 Å². The fraction of sp³-hybridized carbons (Fsp3) is 0.364. The molecule has 0 heterocycles. The quantitative estimate of drug-likeness (QED) is 0.894. The predicted molar refractivity (Wildman–Crippen MR) is 65.5 cm³/mol. The monoisotopic (exact) mass is 315 g/mol. The van der Waals surface area contributed by atoms with Crippen molar-refractivity contribution in [2.75, 3.05) is 6.54 Å². The average Bonchev–Trinajstić information content (AvgIpc) is 2.28. The number of aliphatic carboxylic acids is 1. The summed E-state index contributed by atoms with van der Waals surface area (Å²) >= 11 is 11.6. The molecule has 1 aromatic rings. The molecule has 0 aliphatic rings. The Kier molecular flexibility index (Phi) is 4.71. The zero-order valence-corrected chi connectivity index (χ0v) is 11.2. The number of hydrogen-bond acceptors (Lipinski definition) is 2. The lowest BCUT2D eigenvalue weighted by atomic mass is 9.92. The molecule has 106 valence electrons. The van der Waals surface area contributed by atoms with Crippen LogP contribution in [0.2, 0.25) is 10.0 Å². The Hall–Kier alpha value is -0.980. The summed E-state index contributed by atoms with van der Waals surface area (Å²) in [5.74, 6) is -1.49. The molecule has 0 saturated heterocycles. The van der Waals surface area contributed by atoms with Gasteiger partial charge in [0.05, 0.1) is 16.6 Å². The van der Waals surface area contributed by atoms with Crippen LogP contribution in [0.5, 0.6) is 0 Å². The Labute approximate surface area is 117 Å². The first-order valence-corrected chi connectivity index (χ1v) is 5.83. The molecule has 0 fully saturated rings. The Morgan fingerprint density at radius 2 is 1.95 bits per heavy atom. The molecular weight excluding hydrogens is 306 g/mol. The lowest BCUT2D eigenvalue weighted by molar-refractivity contribution is -0.150. The third kappa shape index (κ3) is 3.75. The van der Waals surface area contributed by atoms with Gasteiger partial charge in [0.1, 0.15) is 5.54 Å². The standard InChI is InChI=1S/C11H10Cl2F3NO2/c1-10(9(18)19,17-5-11(14,15)16)6-3-2-4-7(12)8(6)13/h2-4,17H,5H2,1H3,(H,18,19). The van der Waals surface area contributed by atoms with Crippen LogP contribution in [0, 0.1) is 0 Å². The van der Waals surface area contributed by atoms with Gasteiger partial charge < -0.3 is 5.11 Å². The molecular formula is C11H10Cl2F3NO2. The zero-order valence-electron chi connectivity index (χ0n) is 9.68. The topological polar surface area (TPSA) is 49.3 Å². The maximum absolute atomic E-state index is 12.2. The van der Waals surface area contributed by atoms with E-state index in [1.54, 1.807) is 0 Å². The normalized spacial score (nSPS) is 15.1. The second kappa shape index (κ2) is 5.56. The van der Waals surface area contributed by atoms with Crippen molar-refractivity contribution in [1.29, 1.82) is 0 Å². The van der Waals surface area contributed by atoms with E-state index in [4.69, 9.17) is 28.3 Å². The first-order valence-electron chi connectivity index (χ1n) is 5.07. The molecule has 0 saturated carbocycles. The zero-order chi connectivity index (χ0) is 14.8. The van der Waals surface area contributed by atoms with Crippen molar-refractivity contribution in [3.05, 3.63) is 33.8 Å². The van der Waals surface area contributed by atoms with E-state index in [2.05, 4.69) is 0 Å². The van der Waals surface area contributed by atoms with Crippen molar-refractivity contribution in [2.24, 2.45) is 0 Å². The Balaban J connectivity index is 3.19. The first kappa shape index (κ1) is 16.1. The van der Waals surface area contributed by atoms with Crippen LogP contribution in [0.15, 0.2) is 18.2 Å². The molecule has 0 amide bonds. The van der Waals surface area contributed by atoms with Gasteiger partial charge in [0.15, 0.2) is 0 Å². The lowest BCUT2D eigenvalue weighted by Crippen LogP contribution is -2.50. The second-order valence-electron chi connectivity index (χ2n) is 4.00. The number of halogens is 5. The van der Waals surface area contributed by atoms with Gasteiger partial charge >= 0.3 is 12.1 Å². The van der Waals surface area contributed by atoms with Gasteiger partial charge in [0.2, 0.25) is 0 Å². The molecule has 0 radical (unpaired) electrons. The molecule has 1 aromatic carbocycles. The van der Waals surface area contributed by atoms with E-state index in [-0.39, 0.29) is 15.6 Å². The van der Waals surface area contributed by atoms with Crippen LogP contribution < -0.4 is 5.32 Å². The lowest BCUT2D eigenvalue weighted by Gasteiger charge is -2.28. The maximum Gasteiger partial charge on any atom is 0.401 e. The van der Waals surface area contributed by atoms with E-state index in [0.29, 0.717) is 0 Å². The molecule has 0 bridgehead atoms. The number of benzene rings is 1. The van der Waals surface area contributed by atoms with Gasteiger partial charge in [-0.1, -0.05) is 35.3 Å². The number of hydrogen-bond donors (Lipinski definition) is 2. The van der Waals surface area contributed by atoms with Crippen molar-refractivity contribution >= 4 is 29.2 Å². The highest BCUT2D eigenvalue weighted by Gasteiger charge is 2.40. The molecule has 2 N–H and O–H groups in total. The highest BCUT2D eigenvalue weighted by atomic mass is 35.5. The van der Waals surface area contributed by atoms with Crippen LogP contribution in [-0.4, -0.2) is 23.8 Å². The number of carboxylic acid groups (broad SMARTS) is 1. The summed E-state index contributed by atoms with van der Waals surface area (Å²) in [7, 11) is 0. The molecule has 19 heavy (non-hydrogen) atoms. The van der Waals surface area contributed by atoms with Crippen molar-refractivity contribution in [3.63, 3.8) is 0 Å². The molecule has 0 aromatic heterocycles. The van der Waals surface area contributed by atoms with Crippen molar-refractivity contribution in [1.82, 2.24) is 5.32 Å². The summed E-state index contributed by atoms with van der Waals surface area (Å²) < 4.78 is 36.7. The van der Waals surface area contributed by atoms with E-state index < -0.39 is 24.2 Å². The summed E-state index contributed by atoms with van der Waals surface area (Å²) in [5.41, 5.74) is -2.02. The number of rotatable bonds is 4. The van der Waals surface area contributed by atoms with Crippen LogP contribution in [0.1, 0.15) is 12.5 Å². The minimum absolute atomic E-state index is 0.0292. The maximum atomic E-state index is 12.2. The van der Waals surface area contributed by atoms with E-state index in [9.17, 15) is 18.0 Å². The van der Waals surface area contributed by atoms with Gasteiger partial charge in [-0.2, -0.15) is 13.2 Å². The summed E-state index contributed by atoms with van der Waals surface area (Å²) in [6.45, 7) is -0.364. The molecule has 3 nitrogen and oxygen atoms in total. The molecule has 1 rings (SSSR count). The predicted octanol–water partition coefficient (Wildman–Crippen LogP) is 3.45. The third-order valence-corrected chi connectivity index (χ3v) is 3.38. The molecule has 0 aliphatic carbocycles. The molecule has 0 aliphatic heterocycles. The highest BCUT2D eigenvalue weighted by molar-refractivity contribution is 6.42. The average molecular weight is 316 g/mol. The molecule has 0 spiro atoms. The van der Waals surface area contributed by atoms with Crippen LogP contribution >= 0.6 is 23.2 Å². The van der Waals surface area contributed by atoms with Crippen LogP contribution in [0.4, 0.5) is 13.2 Å². The number of alkyl halides is 3. The fourth-order valence-electron chi connectivity index (χ4n) is 1.45. The van der Waals surface area contributed by atoms with Crippen LogP contribution in [0.3, 0.4) is 0 Å². The fourth-order valence-corrected chi connectivity index (χ4v) is 1.94. The molecule has 1 unspecified atom stereocenters. The van der Waals surface area contributed by atoms with Gasteiger partial charge in [-0.3, -0.25) is 5.32 Å². The second-order valence-corrected chi connectivity index (χ2v) is 4.79. The number of nitrogens with one attached hydrogen (secondary N) is 1. The van der Waals surface area contributed by atoms with Crippen molar-refractivity contribution in [3.8, 4) is 0 Å². The number of carbonyl (C=O) groups is 1. The Morgan fingerprint density at radius 3 is 2.42 bits per heavy atom. The van der Waals surface area contributed by atoms with Crippen molar-refractivity contribution in [2.45, 2.75) is 18.6 Å². The van der Waals surface area contributed by atoms with Crippen LogP contribution in [0.25, 0.3) is 0 Å². The summed E-state index contributed by atoms with van der Waals surface area (Å²) in [6, 6.07) is 4.14. The van der Waals surface area contributed by atoms with Crippen LogP contribution in [-0.2, 0) is 10.3 Å². The van der Waals surface area contributed by atoms with Gasteiger partial charge in [-0.15, -0.1) is 0 Å². The molecule has 1 atom stereocenters. The minimum Gasteiger partial charge on any atom is -0.480 e. The van der Waals surface area contributed by atoms with E-state index in [1.165, 1.54) is 18.2 Å². The SMILES string of the molecule is CC(NCC(F)(F)F)(C(=O)O)c1cccc(Cl)c1Cl. The van der Waals surface area contributed by atoms with Crippen molar-refractivity contribution < 1.29 is 23.1 Å². The van der Waals surface area contributed by atoms with E-state index in [0.717, 1.165) is 6.92 Å². The summed E-state index contributed by atoms with van der Waals surface area (Å²) in [6.07, 6.45) is -4.54. The Bertz CT molecular complexity index is 493. The summed E-state index contributed by atoms with van der Waals surface area (Å²) in [5, 5.41) is 11.1. The first-order chi connectivity index (χ1) is 8.58. The van der Waals surface area contributed by atoms with Gasteiger partial charge in [0, 0.05) is 5.56 Å². The van der Waals surface area contributed by atoms with E-state index in [1.807, 2.05) is 5.32 Å².